The summed E-state index contributed by atoms with van der Waals surface area (Å²) in [6, 6.07) is 15.0. The van der Waals surface area contributed by atoms with Crippen molar-refractivity contribution >= 4 is 17.7 Å². The van der Waals surface area contributed by atoms with E-state index in [4.69, 9.17) is 0 Å². The zero-order chi connectivity index (χ0) is 21.1. The number of carbonyl (C=O) groups excluding carboxylic acids is 3. The second-order valence-electron chi connectivity index (χ2n) is 7.55. The van der Waals surface area contributed by atoms with Crippen LogP contribution < -0.4 is 10.9 Å². The number of hydrogen-bond donors (Lipinski definition) is 2. The molecular weight excluding hydrogens is 387 g/mol. The number of piperazine rings is 1. The van der Waals surface area contributed by atoms with Gasteiger partial charge in [-0.3, -0.25) is 19.3 Å². The van der Waals surface area contributed by atoms with Gasteiger partial charge in [-0.15, -0.1) is 0 Å². The average Bonchev–Trinajstić information content (AvgIpc) is 3.23. The minimum Gasteiger partial charge on any atom is -0.323 e. The first-order valence-corrected chi connectivity index (χ1v) is 9.93. The molecule has 8 heteroatoms. The lowest BCUT2D eigenvalue weighted by atomic mass is 10.0. The molecule has 2 aromatic rings. The highest BCUT2D eigenvalue weighted by atomic mass is 19.1. The Morgan fingerprint density at radius 3 is 2.43 bits per heavy atom. The summed E-state index contributed by atoms with van der Waals surface area (Å²) in [5.74, 6) is -1.40. The third kappa shape index (κ3) is 4.39. The van der Waals surface area contributed by atoms with Crippen LogP contribution in [0.1, 0.15) is 23.6 Å². The van der Waals surface area contributed by atoms with Crippen LogP contribution in [0.4, 0.5) is 4.39 Å². The van der Waals surface area contributed by atoms with Crippen LogP contribution in [-0.4, -0.2) is 53.2 Å². The Labute approximate surface area is 173 Å². The van der Waals surface area contributed by atoms with E-state index in [1.807, 2.05) is 30.3 Å². The molecule has 30 heavy (non-hydrogen) atoms. The van der Waals surface area contributed by atoms with Gasteiger partial charge in [-0.2, -0.15) is 0 Å². The van der Waals surface area contributed by atoms with Gasteiger partial charge >= 0.3 is 0 Å². The molecule has 2 N–H and O–H groups in total. The summed E-state index contributed by atoms with van der Waals surface area (Å²) in [5.41, 5.74) is 7.68. The first kappa shape index (κ1) is 20.2. The van der Waals surface area contributed by atoms with E-state index in [1.165, 1.54) is 21.9 Å². The second-order valence-corrected chi connectivity index (χ2v) is 7.55. The molecule has 156 valence electrons. The maximum Gasteiger partial charge on any atom is 0.248 e. The van der Waals surface area contributed by atoms with Crippen molar-refractivity contribution in [3.05, 3.63) is 71.5 Å². The Morgan fingerprint density at radius 1 is 1.00 bits per heavy atom. The normalized spacial score (nSPS) is 21.9. The first-order chi connectivity index (χ1) is 14.5. The molecule has 0 aliphatic carbocycles. The maximum absolute atomic E-state index is 13.5. The molecule has 2 aromatic carbocycles. The summed E-state index contributed by atoms with van der Waals surface area (Å²) < 4.78 is 13.5. The fourth-order valence-electron chi connectivity index (χ4n) is 3.86. The van der Waals surface area contributed by atoms with Crippen molar-refractivity contribution in [3.63, 3.8) is 0 Å². The van der Waals surface area contributed by atoms with E-state index < -0.39 is 6.04 Å². The number of hydrogen-bond acceptors (Lipinski definition) is 5. The minimum absolute atomic E-state index is 0.123. The van der Waals surface area contributed by atoms with Crippen LogP contribution in [0.15, 0.2) is 54.6 Å². The Morgan fingerprint density at radius 2 is 1.73 bits per heavy atom. The summed E-state index contributed by atoms with van der Waals surface area (Å²) in [6.07, 6.45) is 0.981. The predicted molar refractivity (Wildman–Crippen MR) is 107 cm³/mol. The summed E-state index contributed by atoms with van der Waals surface area (Å²) in [5, 5.41) is 0. The molecule has 7 nitrogen and oxygen atoms in total. The summed E-state index contributed by atoms with van der Waals surface area (Å²) in [7, 11) is 0. The van der Waals surface area contributed by atoms with E-state index in [0.29, 0.717) is 19.4 Å². The lowest BCUT2D eigenvalue weighted by Gasteiger charge is -2.33. The molecular formula is C22H23FN4O3. The quantitative estimate of drug-likeness (QED) is 0.724. The lowest BCUT2D eigenvalue weighted by Crippen LogP contribution is -2.58. The Balaban J connectivity index is 1.34. The highest BCUT2D eigenvalue weighted by molar-refractivity contribution is 6.03. The molecule has 2 aliphatic heterocycles. The van der Waals surface area contributed by atoms with Gasteiger partial charge in [0.15, 0.2) is 0 Å². The highest BCUT2D eigenvalue weighted by Gasteiger charge is 2.38. The van der Waals surface area contributed by atoms with Crippen LogP contribution in [0, 0.1) is 5.82 Å². The van der Waals surface area contributed by atoms with Crippen LogP contribution in [0.25, 0.3) is 0 Å². The van der Waals surface area contributed by atoms with Crippen LogP contribution in [0.2, 0.25) is 0 Å². The van der Waals surface area contributed by atoms with Gasteiger partial charge in [0, 0.05) is 12.6 Å². The number of imide groups is 1. The van der Waals surface area contributed by atoms with Gasteiger partial charge in [-0.05, 0) is 36.1 Å². The summed E-state index contributed by atoms with van der Waals surface area (Å²) in [6.45, 7) is 0.0545. The molecule has 4 rings (SSSR count). The van der Waals surface area contributed by atoms with E-state index in [-0.39, 0.29) is 42.7 Å². The molecule has 2 unspecified atom stereocenters. The number of amides is 3. The van der Waals surface area contributed by atoms with Gasteiger partial charge < -0.3 is 4.90 Å². The van der Waals surface area contributed by atoms with Gasteiger partial charge in [0.05, 0.1) is 0 Å². The maximum atomic E-state index is 13.5. The molecule has 0 saturated carbocycles. The van der Waals surface area contributed by atoms with Crippen molar-refractivity contribution in [2.24, 2.45) is 0 Å². The van der Waals surface area contributed by atoms with Gasteiger partial charge in [0.1, 0.15) is 24.9 Å². The Kier molecular flexibility index (Phi) is 5.87. The van der Waals surface area contributed by atoms with E-state index in [0.717, 1.165) is 11.1 Å². The SMILES string of the molecule is O=C(C1CC(c2cccc(F)c2)NN1)N1CC(=O)N(CCc2ccccc2)C(=O)C1. The summed E-state index contributed by atoms with van der Waals surface area (Å²) in [4.78, 5) is 40.4. The molecule has 0 radical (unpaired) electrons. The molecule has 2 heterocycles. The number of nitrogens with one attached hydrogen (secondary N) is 2. The van der Waals surface area contributed by atoms with Gasteiger partial charge in [-0.1, -0.05) is 42.5 Å². The molecule has 0 aromatic heterocycles. The monoisotopic (exact) mass is 410 g/mol. The number of rotatable bonds is 5. The van der Waals surface area contributed by atoms with Crippen LogP contribution >= 0.6 is 0 Å². The van der Waals surface area contributed by atoms with E-state index >= 15 is 0 Å². The predicted octanol–water partition coefficient (Wildman–Crippen LogP) is 1.17. The smallest absolute Gasteiger partial charge is 0.248 e. The number of benzene rings is 2. The molecule has 2 aliphatic rings. The molecule has 3 amide bonds. The Bertz CT molecular complexity index is 934. The summed E-state index contributed by atoms with van der Waals surface area (Å²) >= 11 is 0. The van der Waals surface area contributed by atoms with Gasteiger partial charge in [0.25, 0.3) is 0 Å². The fraction of sp³-hybridized carbons (Fsp3) is 0.318. The first-order valence-electron chi connectivity index (χ1n) is 9.93. The zero-order valence-corrected chi connectivity index (χ0v) is 16.4. The van der Waals surface area contributed by atoms with Crippen molar-refractivity contribution in [2.75, 3.05) is 19.6 Å². The lowest BCUT2D eigenvalue weighted by molar-refractivity contribution is -0.157. The van der Waals surface area contributed by atoms with Crippen molar-refractivity contribution in [1.82, 2.24) is 20.7 Å². The van der Waals surface area contributed by atoms with Gasteiger partial charge in [0.2, 0.25) is 17.7 Å². The third-order valence-corrected chi connectivity index (χ3v) is 5.49. The second kappa shape index (κ2) is 8.73. The molecule has 0 spiro atoms. The van der Waals surface area contributed by atoms with Crippen molar-refractivity contribution < 1.29 is 18.8 Å². The molecule has 2 saturated heterocycles. The van der Waals surface area contributed by atoms with Crippen molar-refractivity contribution in [2.45, 2.75) is 24.9 Å². The minimum atomic E-state index is -0.588. The van der Waals surface area contributed by atoms with E-state index in [2.05, 4.69) is 10.9 Å². The standard InChI is InChI=1S/C22H23FN4O3/c23-17-8-4-7-16(11-17)18-12-19(25-24-18)22(30)26-13-20(28)27(21(29)14-26)10-9-15-5-2-1-3-6-15/h1-8,11,18-19,24-25H,9-10,12-14H2. The number of nitrogens with zero attached hydrogens (tertiary/aromatic N) is 2. The Hall–Kier alpha value is -3.10. The number of halogens is 1. The zero-order valence-electron chi connectivity index (χ0n) is 16.4. The topological polar surface area (TPSA) is 81.8 Å². The van der Waals surface area contributed by atoms with Crippen molar-refractivity contribution in [3.8, 4) is 0 Å². The van der Waals surface area contributed by atoms with Crippen LogP contribution in [0.3, 0.4) is 0 Å². The van der Waals surface area contributed by atoms with Gasteiger partial charge in [-0.25, -0.2) is 15.2 Å². The average molecular weight is 410 g/mol. The molecule has 0 bridgehead atoms. The third-order valence-electron chi connectivity index (χ3n) is 5.49. The highest BCUT2D eigenvalue weighted by Crippen LogP contribution is 2.24. The van der Waals surface area contributed by atoms with Crippen LogP contribution in [0.5, 0.6) is 0 Å². The largest absolute Gasteiger partial charge is 0.323 e. The number of hydrazine groups is 1. The van der Waals surface area contributed by atoms with Crippen molar-refractivity contribution in [1.29, 1.82) is 0 Å². The molecule has 2 atom stereocenters. The fourth-order valence-corrected chi connectivity index (χ4v) is 3.86. The molecule has 2 fully saturated rings. The number of carbonyl (C=O) groups is 3. The van der Waals surface area contributed by atoms with E-state index in [9.17, 15) is 18.8 Å². The van der Waals surface area contributed by atoms with E-state index in [1.54, 1.807) is 12.1 Å². The van der Waals surface area contributed by atoms with Crippen LogP contribution in [-0.2, 0) is 20.8 Å².